The van der Waals surface area contributed by atoms with Crippen molar-refractivity contribution in [1.29, 1.82) is 0 Å². The number of ether oxygens (including phenoxy) is 1. The molecule has 0 saturated carbocycles. The summed E-state index contributed by atoms with van der Waals surface area (Å²) in [6.07, 6.45) is 3.08. The largest absolute Gasteiger partial charge is 1.00 e. The molecule has 0 aliphatic carbocycles. The minimum atomic E-state index is -0.334. The molecule has 17 heavy (non-hydrogen) atoms. The summed E-state index contributed by atoms with van der Waals surface area (Å²) in [5.41, 5.74) is 1.05. The highest BCUT2D eigenvalue weighted by atomic mass is 35.5. The average molecular weight is 259 g/mol. The zero-order valence-electron chi connectivity index (χ0n) is 10.7. The highest BCUT2D eigenvalue weighted by Gasteiger charge is 2.16. The predicted molar refractivity (Wildman–Crippen MR) is 62.5 cm³/mol. The molecule has 1 rings (SSSR count). The van der Waals surface area contributed by atoms with Crippen LogP contribution in [0.4, 0.5) is 10.5 Å². The Balaban J connectivity index is 0.00000256. The number of anilines is 1. The maximum absolute atomic E-state index is 11.6. The number of aromatic nitrogens is 1. The molecule has 0 fully saturated rings. The first kappa shape index (κ1) is 15.7. The van der Waals surface area contributed by atoms with Gasteiger partial charge in [-0.3, -0.25) is 0 Å². The van der Waals surface area contributed by atoms with Crippen molar-refractivity contribution in [2.75, 3.05) is 25.6 Å². The molecule has 1 aromatic rings. The van der Waals surface area contributed by atoms with Crippen LogP contribution in [-0.2, 0) is 4.74 Å². The van der Waals surface area contributed by atoms with Crippen LogP contribution in [0.25, 0.3) is 0 Å². The summed E-state index contributed by atoms with van der Waals surface area (Å²) in [4.78, 5) is 13.5. The monoisotopic (exact) mass is 258 g/mol. The number of carbonyl (C=O) groups excluding carboxylic acids is 1. The van der Waals surface area contributed by atoms with Gasteiger partial charge in [-0.05, 0) is 5.92 Å². The van der Waals surface area contributed by atoms with Crippen molar-refractivity contribution in [3.8, 4) is 0 Å². The summed E-state index contributed by atoms with van der Waals surface area (Å²) in [6.45, 7) is 4.46. The average Bonchev–Trinajstić information content (AvgIpc) is 2.26. The third-order valence-electron chi connectivity index (χ3n) is 2.08. The van der Waals surface area contributed by atoms with E-state index in [0.717, 1.165) is 5.69 Å². The number of halogens is 1. The Morgan fingerprint density at radius 3 is 2.29 bits per heavy atom. The van der Waals surface area contributed by atoms with Crippen molar-refractivity contribution >= 4 is 11.8 Å². The molecule has 0 amide bonds. The Morgan fingerprint density at radius 2 is 1.88 bits per heavy atom. The number of nitrogens with zero attached hydrogens (tertiary/aromatic N) is 2. The summed E-state index contributed by atoms with van der Waals surface area (Å²) >= 11 is 0. The van der Waals surface area contributed by atoms with E-state index in [1.807, 2.05) is 45.0 Å². The predicted octanol–water partition coefficient (Wildman–Crippen LogP) is -1.32. The fourth-order valence-corrected chi connectivity index (χ4v) is 1.15. The van der Waals surface area contributed by atoms with Crippen LogP contribution < -0.4 is 21.9 Å². The van der Waals surface area contributed by atoms with Gasteiger partial charge in [-0.1, -0.05) is 18.4 Å². The topological polar surface area (TPSA) is 33.4 Å². The van der Waals surface area contributed by atoms with Crippen molar-refractivity contribution in [3.05, 3.63) is 24.5 Å². The van der Waals surface area contributed by atoms with Crippen molar-refractivity contribution < 1.29 is 26.5 Å². The molecule has 0 aromatic carbocycles. The second kappa shape index (κ2) is 7.12. The van der Waals surface area contributed by atoms with Crippen molar-refractivity contribution in [3.63, 3.8) is 0 Å². The molecule has 0 aliphatic rings. The number of rotatable bonds is 3. The molecule has 0 spiro atoms. The molecule has 0 atom stereocenters. The molecule has 5 heteroatoms. The third-order valence-corrected chi connectivity index (χ3v) is 2.08. The first-order valence-corrected chi connectivity index (χ1v) is 5.36. The molecule has 0 radical (unpaired) electrons. The molecule has 0 bridgehead atoms. The second-order valence-corrected chi connectivity index (χ2v) is 4.33. The highest BCUT2D eigenvalue weighted by molar-refractivity contribution is 5.57. The van der Waals surface area contributed by atoms with Crippen molar-refractivity contribution in [1.82, 2.24) is 0 Å². The van der Waals surface area contributed by atoms with E-state index in [-0.39, 0.29) is 18.5 Å². The Morgan fingerprint density at radius 1 is 1.35 bits per heavy atom. The van der Waals surface area contributed by atoms with Gasteiger partial charge in [0.2, 0.25) is 0 Å². The normalized spacial score (nSPS) is 9.71. The van der Waals surface area contributed by atoms with E-state index >= 15 is 0 Å². The molecule has 0 unspecified atom stereocenters. The smallest absolute Gasteiger partial charge is 0.601 e. The molecule has 1 heterocycles. The molecule has 1 aromatic heterocycles. The number of pyridine rings is 1. The van der Waals surface area contributed by atoms with E-state index in [9.17, 15) is 4.79 Å². The fraction of sp³-hybridized carbons (Fsp3) is 0.500. The van der Waals surface area contributed by atoms with E-state index in [4.69, 9.17) is 4.74 Å². The Hall–Kier alpha value is -1.29. The van der Waals surface area contributed by atoms with Crippen LogP contribution in [0.15, 0.2) is 24.5 Å². The van der Waals surface area contributed by atoms with E-state index in [2.05, 4.69) is 0 Å². The minimum Gasteiger partial charge on any atom is -1.00 e. The molecular weight excluding hydrogens is 240 g/mol. The maximum atomic E-state index is 11.6. The van der Waals surface area contributed by atoms with Gasteiger partial charge in [-0.15, -0.1) is 0 Å². The molecule has 0 N–H and O–H groups in total. The van der Waals surface area contributed by atoms with Gasteiger partial charge in [0.1, 0.15) is 6.61 Å². The lowest BCUT2D eigenvalue weighted by atomic mass is 10.2. The molecule has 96 valence electrons. The lowest BCUT2D eigenvalue weighted by Crippen LogP contribution is -3.00. The zero-order valence-corrected chi connectivity index (χ0v) is 11.4. The van der Waals surface area contributed by atoms with Gasteiger partial charge in [0, 0.05) is 31.9 Å². The molecular formula is C12H19ClN2O2. The van der Waals surface area contributed by atoms with Gasteiger partial charge in [0.25, 0.3) is 0 Å². The number of carbonyl (C=O) groups is 1. The van der Waals surface area contributed by atoms with Crippen LogP contribution in [0, 0.1) is 5.92 Å². The first-order valence-electron chi connectivity index (χ1n) is 5.36. The molecule has 0 aliphatic heterocycles. The van der Waals surface area contributed by atoms with Crippen LogP contribution in [-0.4, -0.2) is 26.8 Å². The fourth-order valence-electron chi connectivity index (χ4n) is 1.15. The molecule has 0 saturated heterocycles. The molecule has 4 nitrogen and oxygen atoms in total. The first-order chi connectivity index (χ1) is 7.50. The van der Waals surface area contributed by atoms with Crippen LogP contribution in [0.5, 0.6) is 0 Å². The second-order valence-electron chi connectivity index (χ2n) is 4.33. The summed E-state index contributed by atoms with van der Waals surface area (Å²) in [5.74, 6) is 0.352. The van der Waals surface area contributed by atoms with Crippen molar-refractivity contribution in [2.24, 2.45) is 5.92 Å². The van der Waals surface area contributed by atoms with Gasteiger partial charge < -0.3 is 22.0 Å². The SMILES string of the molecule is CC(C)COC(=O)[n+]1ccc(N(C)C)cc1.[Cl-]. The minimum absolute atomic E-state index is 0. The van der Waals surface area contributed by atoms with E-state index in [0.29, 0.717) is 12.5 Å². The number of hydrogen-bond donors (Lipinski definition) is 0. The van der Waals surface area contributed by atoms with Crippen LogP contribution >= 0.6 is 0 Å². The van der Waals surface area contributed by atoms with Crippen LogP contribution in [0.1, 0.15) is 13.8 Å². The lowest BCUT2D eigenvalue weighted by Gasteiger charge is -2.10. The Kier molecular flexibility index (Phi) is 6.58. The quantitative estimate of drug-likeness (QED) is 0.631. The standard InChI is InChI=1S/C12H19N2O2.ClH/c1-10(2)9-16-12(15)14-7-5-11(6-8-14)13(3)4;/h5-8,10H,9H2,1-4H3;1H/q+1;/p-1. The van der Waals surface area contributed by atoms with Crippen LogP contribution in [0.3, 0.4) is 0 Å². The highest BCUT2D eigenvalue weighted by Crippen LogP contribution is 2.05. The summed E-state index contributed by atoms with van der Waals surface area (Å²) in [7, 11) is 3.91. The van der Waals surface area contributed by atoms with Crippen LogP contribution in [0.2, 0.25) is 0 Å². The van der Waals surface area contributed by atoms with E-state index in [1.54, 1.807) is 12.4 Å². The van der Waals surface area contributed by atoms with E-state index < -0.39 is 0 Å². The maximum Gasteiger partial charge on any atom is 0.601 e. The summed E-state index contributed by atoms with van der Waals surface area (Å²) < 4.78 is 6.54. The summed E-state index contributed by atoms with van der Waals surface area (Å²) in [5, 5.41) is 0. The lowest BCUT2D eigenvalue weighted by molar-refractivity contribution is -0.586. The zero-order chi connectivity index (χ0) is 12.1. The number of hydrogen-bond acceptors (Lipinski definition) is 3. The van der Waals surface area contributed by atoms with Gasteiger partial charge in [0.05, 0.1) is 0 Å². The third kappa shape index (κ3) is 5.04. The van der Waals surface area contributed by atoms with Gasteiger partial charge >= 0.3 is 6.09 Å². The van der Waals surface area contributed by atoms with Gasteiger partial charge in [-0.2, -0.15) is 4.79 Å². The Labute approximate surface area is 109 Å². The van der Waals surface area contributed by atoms with Gasteiger partial charge in [0.15, 0.2) is 12.4 Å². The van der Waals surface area contributed by atoms with Gasteiger partial charge in [-0.25, -0.2) is 0 Å². The van der Waals surface area contributed by atoms with E-state index in [1.165, 1.54) is 4.57 Å². The van der Waals surface area contributed by atoms with Crippen molar-refractivity contribution in [2.45, 2.75) is 13.8 Å². The Bertz CT molecular complexity index is 350. The summed E-state index contributed by atoms with van der Waals surface area (Å²) in [6, 6.07) is 3.74.